The second-order valence-corrected chi connectivity index (χ2v) is 5.75. The number of fused-ring (bicyclic) bond motifs is 1. The minimum Gasteiger partial charge on any atom is -0.493 e. The summed E-state index contributed by atoms with van der Waals surface area (Å²) in [4.78, 5) is 11.6. The van der Waals surface area contributed by atoms with Crippen LogP contribution in [0.3, 0.4) is 0 Å². The zero-order chi connectivity index (χ0) is 12.8. The van der Waals surface area contributed by atoms with Gasteiger partial charge in [-0.05, 0) is 38.2 Å². The van der Waals surface area contributed by atoms with Crippen molar-refractivity contribution in [2.75, 3.05) is 6.61 Å². The van der Waals surface area contributed by atoms with Gasteiger partial charge in [-0.15, -0.1) is 0 Å². The van der Waals surface area contributed by atoms with E-state index in [1.807, 2.05) is 25.1 Å². The molecule has 0 spiro atoms. The van der Waals surface area contributed by atoms with Gasteiger partial charge in [0, 0.05) is 11.5 Å². The Morgan fingerprint density at radius 1 is 1.44 bits per heavy atom. The van der Waals surface area contributed by atoms with Crippen LogP contribution in [0.15, 0.2) is 24.3 Å². The Morgan fingerprint density at radius 2 is 2.17 bits per heavy atom. The van der Waals surface area contributed by atoms with Crippen molar-refractivity contribution in [2.24, 2.45) is 11.3 Å². The Balaban J connectivity index is 1.83. The first-order chi connectivity index (χ1) is 8.61. The lowest BCUT2D eigenvalue weighted by Crippen LogP contribution is -2.32. The normalized spacial score (nSPS) is 25.1. The van der Waals surface area contributed by atoms with Crippen molar-refractivity contribution >= 4 is 5.97 Å². The average molecular weight is 246 g/mol. The minimum absolute atomic E-state index is 0.225. The maximum Gasteiger partial charge on any atom is 0.309 e. The van der Waals surface area contributed by atoms with E-state index in [1.54, 1.807) is 0 Å². The smallest absolute Gasteiger partial charge is 0.309 e. The average Bonchev–Trinajstić information content (AvgIpc) is 3.14. The van der Waals surface area contributed by atoms with Gasteiger partial charge in [0.05, 0.1) is 12.0 Å². The van der Waals surface area contributed by atoms with Crippen molar-refractivity contribution in [3.63, 3.8) is 0 Å². The highest BCUT2D eigenvalue weighted by Gasteiger charge is 2.49. The van der Waals surface area contributed by atoms with Gasteiger partial charge < -0.3 is 9.84 Å². The van der Waals surface area contributed by atoms with Crippen LogP contribution in [0, 0.1) is 11.3 Å². The number of para-hydroxylation sites is 1. The molecule has 0 aromatic heterocycles. The summed E-state index contributed by atoms with van der Waals surface area (Å²) in [6, 6.07) is 7.97. The van der Waals surface area contributed by atoms with E-state index < -0.39 is 11.4 Å². The molecule has 0 amide bonds. The number of ether oxygens (including phenoxy) is 1. The summed E-state index contributed by atoms with van der Waals surface area (Å²) in [7, 11) is 0. The number of hydrogen-bond donors (Lipinski definition) is 1. The second kappa shape index (κ2) is 4.01. The molecule has 18 heavy (non-hydrogen) atoms. The van der Waals surface area contributed by atoms with E-state index in [0.29, 0.717) is 18.9 Å². The molecule has 1 heterocycles. The minimum atomic E-state index is -0.658. The van der Waals surface area contributed by atoms with Gasteiger partial charge in [-0.3, -0.25) is 4.79 Å². The van der Waals surface area contributed by atoms with E-state index in [0.717, 1.165) is 18.6 Å². The fourth-order valence-electron chi connectivity index (χ4n) is 3.06. The lowest BCUT2D eigenvalue weighted by Gasteiger charge is -2.27. The third kappa shape index (κ3) is 1.78. The van der Waals surface area contributed by atoms with Gasteiger partial charge >= 0.3 is 5.97 Å². The number of hydrogen-bond acceptors (Lipinski definition) is 2. The predicted molar refractivity (Wildman–Crippen MR) is 67.8 cm³/mol. The summed E-state index contributed by atoms with van der Waals surface area (Å²) in [6.07, 6.45) is 2.79. The molecule has 1 fully saturated rings. The first kappa shape index (κ1) is 11.6. The number of aliphatic carboxylic acids is 1. The monoisotopic (exact) mass is 246 g/mol. The van der Waals surface area contributed by atoms with Crippen molar-refractivity contribution < 1.29 is 14.6 Å². The van der Waals surface area contributed by atoms with Crippen LogP contribution in [0.2, 0.25) is 0 Å². The van der Waals surface area contributed by atoms with Crippen LogP contribution < -0.4 is 4.74 Å². The van der Waals surface area contributed by atoms with E-state index in [-0.39, 0.29) is 5.92 Å². The van der Waals surface area contributed by atoms with Gasteiger partial charge in [0.1, 0.15) is 5.75 Å². The Bertz CT molecular complexity index is 478. The molecule has 0 saturated heterocycles. The molecule has 1 aliphatic carbocycles. The van der Waals surface area contributed by atoms with E-state index >= 15 is 0 Å². The number of benzene rings is 1. The Labute approximate surface area is 107 Å². The van der Waals surface area contributed by atoms with Crippen LogP contribution in [-0.4, -0.2) is 17.7 Å². The van der Waals surface area contributed by atoms with Crippen molar-refractivity contribution in [2.45, 2.75) is 32.1 Å². The van der Waals surface area contributed by atoms with Gasteiger partial charge in [0.25, 0.3) is 0 Å². The van der Waals surface area contributed by atoms with Crippen LogP contribution in [-0.2, 0) is 4.79 Å². The van der Waals surface area contributed by atoms with Gasteiger partial charge in [-0.1, -0.05) is 18.2 Å². The SMILES string of the molecule is CC(CC1COc2ccccc21)(C(=O)O)C1CC1. The number of carboxylic acids is 1. The van der Waals surface area contributed by atoms with Crippen molar-refractivity contribution in [3.8, 4) is 5.75 Å². The number of carbonyl (C=O) groups is 1. The maximum atomic E-state index is 11.6. The van der Waals surface area contributed by atoms with Crippen LogP contribution in [0.25, 0.3) is 0 Å². The molecule has 1 aromatic carbocycles. The topological polar surface area (TPSA) is 46.5 Å². The maximum absolute atomic E-state index is 11.6. The van der Waals surface area contributed by atoms with Gasteiger partial charge in [0.2, 0.25) is 0 Å². The van der Waals surface area contributed by atoms with Gasteiger partial charge in [-0.2, -0.15) is 0 Å². The lowest BCUT2D eigenvalue weighted by molar-refractivity contribution is -0.150. The van der Waals surface area contributed by atoms with E-state index in [4.69, 9.17) is 4.74 Å². The molecule has 2 atom stereocenters. The van der Waals surface area contributed by atoms with Gasteiger partial charge in [0.15, 0.2) is 0 Å². The Kier molecular flexibility index (Phi) is 2.58. The van der Waals surface area contributed by atoms with E-state index in [9.17, 15) is 9.90 Å². The first-order valence-electron chi connectivity index (χ1n) is 6.56. The lowest BCUT2D eigenvalue weighted by atomic mass is 9.75. The van der Waals surface area contributed by atoms with Crippen LogP contribution in [0.1, 0.15) is 37.7 Å². The molecule has 1 aromatic rings. The Hall–Kier alpha value is -1.51. The summed E-state index contributed by atoms with van der Waals surface area (Å²) in [5.74, 6) is 0.839. The van der Waals surface area contributed by atoms with E-state index in [2.05, 4.69) is 6.07 Å². The molecule has 0 bridgehead atoms. The molecule has 96 valence electrons. The van der Waals surface area contributed by atoms with Crippen molar-refractivity contribution in [3.05, 3.63) is 29.8 Å². The largest absolute Gasteiger partial charge is 0.493 e. The zero-order valence-electron chi connectivity index (χ0n) is 10.6. The van der Waals surface area contributed by atoms with Crippen molar-refractivity contribution in [1.82, 2.24) is 0 Å². The zero-order valence-corrected chi connectivity index (χ0v) is 10.6. The summed E-state index contributed by atoms with van der Waals surface area (Å²) in [6.45, 7) is 2.52. The third-order valence-electron chi connectivity index (χ3n) is 4.44. The highest BCUT2D eigenvalue weighted by atomic mass is 16.5. The summed E-state index contributed by atoms with van der Waals surface area (Å²) < 4.78 is 5.64. The molecular formula is C15H18O3. The van der Waals surface area contributed by atoms with E-state index in [1.165, 1.54) is 5.56 Å². The molecule has 1 N–H and O–H groups in total. The van der Waals surface area contributed by atoms with Crippen LogP contribution in [0.5, 0.6) is 5.75 Å². The third-order valence-corrected chi connectivity index (χ3v) is 4.44. The molecule has 3 nitrogen and oxygen atoms in total. The summed E-state index contributed by atoms with van der Waals surface area (Å²) in [5.41, 5.74) is 0.580. The Morgan fingerprint density at radius 3 is 2.83 bits per heavy atom. The highest BCUT2D eigenvalue weighted by Crippen LogP contribution is 2.52. The summed E-state index contributed by atoms with van der Waals surface area (Å²) in [5, 5.41) is 9.51. The predicted octanol–water partition coefficient (Wildman–Crippen LogP) is 3.05. The molecule has 1 saturated carbocycles. The molecule has 3 rings (SSSR count). The summed E-state index contributed by atoms with van der Waals surface area (Å²) >= 11 is 0. The molecule has 3 heteroatoms. The van der Waals surface area contributed by atoms with Gasteiger partial charge in [-0.25, -0.2) is 0 Å². The molecule has 2 unspecified atom stereocenters. The standard InChI is InChI=1S/C15H18O3/c1-15(14(16)17,11-6-7-11)8-10-9-18-13-5-3-2-4-12(10)13/h2-5,10-11H,6-9H2,1H3,(H,16,17). The fraction of sp³-hybridized carbons (Fsp3) is 0.533. The highest BCUT2D eigenvalue weighted by molar-refractivity contribution is 5.75. The molecule has 1 aliphatic heterocycles. The molecule has 0 radical (unpaired) electrons. The molecular weight excluding hydrogens is 228 g/mol. The number of rotatable bonds is 4. The second-order valence-electron chi connectivity index (χ2n) is 5.75. The quantitative estimate of drug-likeness (QED) is 0.888. The fourth-order valence-corrected chi connectivity index (χ4v) is 3.06. The molecule has 2 aliphatic rings. The van der Waals surface area contributed by atoms with Crippen molar-refractivity contribution in [1.29, 1.82) is 0 Å². The van der Waals surface area contributed by atoms with Crippen LogP contribution >= 0.6 is 0 Å². The van der Waals surface area contributed by atoms with Crippen LogP contribution in [0.4, 0.5) is 0 Å². The first-order valence-corrected chi connectivity index (χ1v) is 6.56. The number of carboxylic acid groups (broad SMARTS) is 1.